The molecule has 1 amide bonds. The molecule has 3 nitrogen and oxygen atoms in total. The first-order chi connectivity index (χ1) is 6.60. The van der Waals surface area contributed by atoms with Crippen molar-refractivity contribution in [3.8, 4) is 0 Å². The molecule has 2 aliphatic heterocycles. The summed E-state index contributed by atoms with van der Waals surface area (Å²) in [5.41, 5.74) is 0.518. The zero-order valence-electron chi connectivity index (χ0n) is 8.92. The van der Waals surface area contributed by atoms with Crippen LogP contribution in [0.5, 0.6) is 0 Å². The van der Waals surface area contributed by atoms with Crippen LogP contribution in [0.4, 0.5) is 0 Å². The zero-order chi connectivity index (χ0) is 9.92. The van der Waals surface area contributed by atoms with E-state index in [4.69, 9.17) is 0 Å². The second-order valence-corrected chi connectivity index (χ2v) is 5.57. The Morgan fingerprint density at radius 2 is 1.93 bits per heavy atom. The number of hydrogen-bond acceptors (Lipinski definition) is 2. The molecule has 1 N–H and O–H groups in total. The molecule has 3 atom stereocenters. The smallest absolute Gasteiger partial charge is 0.239 e. The normalized spacial score (nSPS) is 43.0. The van der Waals surface area contributed by atoms with E-state index in [-0.39, 0.29) is 6.04 Å². The quantitative estimate of drug-likeness (QED) is 0.658. The van der Waals surface area contributed by atoms with E-state index in [9.17, 15) is 4.79 Å². The average molecular weight is 194 g/mol. The van der Waals surface area contributed by atoms with Crippen molar-refractivity contribution in [3.63, 3.8) is 0 Å². The van der Waals surface area contributed by atoms with Crippen LogP contribution in [0.25, 0.3) is 0 Å². The maximum Gasteiger partial charge on any atom is 0.239 e. The van der Waals surface area contributed by atoms with E-state index in [2.05, 4.69) is 24.1 Å². The monoisotopic (exact) mass is 194 g/mol. The topological polar surface area (TPSA) is 32.3 Å². The molecule has 0 spiro atoms. The third kappa shape index (κ3) is 0.991. The molecule has 2 saturated heterocycles. The van der Waals surface area contributed by atoms with Crippen LogP contribution >= 0.6 is 0 Å². The first-order valence-electron chi connectivity index (χ1n) is 5.63. The summed E-state index contributed by atoms with van der Waals surface area (Å²) in [7, 11) is 0. The molecule has 1 aliphatic carbocycles. The molecule has 0 aromatic carbocycles. The van der Waals surface area contributed by atoms with Gasteiger partial charge in [-0.3, -0.25) is 4.79 Å². The fourth-order valence-corrected chi connectivity index (χ4v) is 3.03. The van der Waals surface area contributed by atoms with Crippen molar-refractivity contribution >= 4 is 5.91 Å². The van der Waals surface area contributed by atoms with E-state index in [0.29, 0.717) is 11.3 Å². The summed E-state index contributed by atoms with van der Waals surface area (Å²) >= 11 is 0. The van der Waals surface area contributed by atoms with Crippen LogP contribution in [0.2, 0.25) is 0 Å². The van der Waals surface area contributed by atoms with Crippen molar-refractivity contribution in [2.45, 2.75) is 26.3 Å². The molecular formula is C11H18N2O. The van der Waals surface area contributed by atoms with Crippen LogP contribution < -0.4 is 5.32 Å². The molecule has 78 valence electrons. The molecule has 0 radical (unpaired) electrons. The summed E-state index contributed by atoms with van der Waals surface area (Å²) in [6, 6.07) is 0.149. The van der Waals surface area contributed by atoms with Gasteiger partial charge in [-0.2, -0.15) is 0 Å². The first kappa shape index (κ1) is 8.72. The Kier molecular flexibility index (Phi) is 1.56. The Morgan fingerprint density at radius 3 is 2.36 bits per heavy atom. The minimum Gasteiger partial charge on any atom is -0.341 e. The number of likely N-dealkylation sites (tertiary alicyclic amines) is 1. The predicted octanol–water partition coefficient (Wildman–Crippen LogP) is 0.463. The molecule has 14 heavy (non-hydrogen) atoms. The predicted molar refractivity (Wildman–Crippen MR) is 53.7 cm³/mol. The fraction of sp³-hybridized carbons (Fsp3) is 0.909. The Labute approximate surface area is 84.8 Å². The van der Waals surface area contributed by atoms with Gasteiger partial charge in [0.1, 0.15) is 0 Å². The Morgan fingerprint density at radius 1 is 1.36 bits per heavy atom. The van der Waals surface area contributed by atoms with Gasteiger partial charge in [0.2, 0.25) is 5.91 Å². The van der Waals surface area contributed by atoms with Crippen LogP contribution in [0.3, 0.4) is 0 Å². The number of rotatable bonds is 1. The molecule has 3 heteroatoms. The van der Waals surface area contributed by atoms with Crippen LogP contribution in [-0.2, 0) is 4.79 Å². The molecule has 3 rings (SSSR count). The summed E-state index contributed by atoms with van der Waals surface area (Å²) in [4.78, 5) is 13.9. The molecule has 2 unspecified atom stereocenters. The average Bonchev–Trinajstić information content (AvgIpc) is 2.48. The van der Waals surface area contributed by atoms with Gasteiger partial charge < -0.3 is 10.2 Å². The van der Waals surface area contributed by atoms with E-state index < -0.39 is 0 Å². The highest BCUT2D eigenvalue weighted by Crippen LogP contribution is 2.61. The molecule has 2 heterocycles. The zero-order valence-corrected chi connectivity index (χ0v) is 8.92. The van der Waals surface area contributed by atoms with E-state index in [0.717, 1.165) is 37.9 Å². The fourth-order valence-electron chi connectivity index (χ4n) is 3.03. The number of carbonyl (C=O) groups excluding carboxylic acids is 1. The van der Waals surface area contributed by atoms with Crippen molar-refractivity contribution in [1.29, 1.82) is 0 Å². The Balaban J connectivity index is 1.60. The summed E-state index contributed by atoms with van der Waals surface area (Å²) < 4.78 is 0. The summed E-state index contributed by atoms with van der Waals surface area (Å²) in [6.07, 6.45) is 1.04. The molecule has 3 aliphatic rings. The number of nitrogens with one attached hydrogen (secondary N) is 1. The molecule has 3 fully saturated rings. The first-order valence-corrected chi connectivity index (χ1v) is 5.63. The minimum absolute atomic E-state index is 0.149. The van der Waals surface area contributed by atoms with Crippen LogP contribution in [0.15, 0.2) is 0 Å². The van der Waals surface area contributed by atoms with E-state index >= 15 is 0 Å². The third-order valence-electron chi connectivity index (χ3n) is 4.56. The third-order valence-corrected chi connectivity index (χ3v) is 4.56. The number of hydrogen-bond donors (Lipinski definition) is 1. The summed E-state index contributed by atoms with van der Waals surface area (Å²) in [5, 5.41) is 3.18. The van der Waals surface area contributed by atoms with Crippen LogP contribution in [0, 0.1) is 17.3 Å². The van der Waals surface area contributed by atoms with Crippen molar-refractivity contribution in [2.24, 2.45) is 17.3 Å². The van der Waals surface area contributed by atoms with E-state index in [1.54, 1.807) is 0 Å². The number of amides is 1. The lowest BCUT2D eigenvalue weighted by Gasteiger charge is -2.32. The molecule has 0 bridgehead atoms. The standard InChI is InChI=1S/C11H18N2O/c1-11(2)7-5-13(6-8(7)11)10(14)9-3-4-12-9/h7-9,12H,3-6H2,1-2H3/t7?,8?,9-/m1/s1. The van der Waals surface area contributed by atoms with Gasteiger partial charge in [0.05, 0.1) is 6.04 Å². The summed E-state index contributed by atoms with van der Waals surface area (Å²) in [5.74, 6) is 1.91. The Bertz CT molecular complexity index is 269. The largest absolute Gasteiger partial charge is 0.341 e. The lowest BCUT2D eigenvalue weighted by molar-refractivity contribution is -0.135. The Hall–Kier alpha value is -0.570. The SMILES string of the molecule is CC1(C)C2CN(C(=O)[C@H]3CCN3)CC21. The molecule has 0 aromatic rings. The van der Waals surface area contributed by atoms with Crippen LogP contribution in [-0.4, -0.2) is 36.5 Å². The number of nitrogens with zero attached hydrogens (tertiary/aromatic N) is 1. The highest BCUT2D eigenvalue weighted by Gasteiger charge is 2.62. The number of piperidine rings is 1. The highest BCUT2D eigenvalue weighted by molar-refractivity contribution is 5.83. The van der Waals surface area contributed by atoms with Gasteiger partial charge in [-0.15, -0.1) is 0 Å². The molecule has 0 aromatic heterocycles. The molecule has 1 saturated carbocycles. The van der Waals surface area contributed by atoms with Gasteiger partial charge in [-0.05, 0) is 30.2 Å². The highest BCUT2D eigenvalue weighted by atomic mass is 16.2. The number of fused-ring (bicyclic) bond motifs is 1. The van der Waals surface area contributed by atoms with Gasteiger partial charge in [0.25, 0.3) is 0 Å². The second kappa shape index (κ2) is 2.51. The van der Waals surface area contributed by atoms with Crippen molar-refractivity contribution < 1.29 is 4.79 Å². The van der Waals surface area contributed by atoms with Crippen molar-refractivity contribution in [1.82, 2.24) is 10.2 Å². The van der Waals surface area contributed by atoms with Gasteiger partial charge in [-0.1, -0.05) is 13.8 Å². The van der Waals surface area contributed by atoms with Crippen molar-refractivity contribution in [3.05, 3.63) is 0 Å². The minimum atomic E-state index is 0.149. The van der Waals surface area contributed by atoms with E-state index in [1.165, 1.54) is 0 Å². The lowest BCUT2D eigenvalue weighted by atomic mass is 10.0. The van der Waals surface area contributed by atoms with Gasteiger partial charge in [0, 0.05) is 13.1 Å². The maximum atomic E-state index is 11.9. The summed E-state index contributed by atoms with van der Waals surface area (Å²) in [6.45, 7) is 7.68. The van der Waals surface area contributed by atoms with Crippen LogP contribution in [0.1, 0.15) is 20.3 Å². The molecular weight excluding hydrogens is 176 g/mol. The number of carbonyl (C=O) groups is 1. The van der Waals surface area contributed by atoms with Gasteiger partial charge >= 0.3 is 0 Å². The lowest BCUT2D eigenvalue weighted by Crippen LogP contribution is -2.54. The van der Waals surface area contributed by atoms with Crippen molar-refractivity contribution in [2.75, 3.05) is 19.6 Å². The maximum absolute atomic E-state index is 11.9. The second-order valence-electron chi connectivity index (χ2n) is 5.57. The van der Waals surface area contributed by atoms with Gasteiger partial charge in [0.15, 0.2) is 0 Å². The van der Waals surface area contributed by atoms with E-state index in [1.807, 2.05) is 0 Å². The van der Waals surface area contributed by atoms with Gasteiger partial charge in [-0.25, -0.2) is 0 Å².